The largest absolute Gasteiger partial charge is 0.314 e. The van der Waals surface area contributed by atoms with E-state index in [1.165, 1.54) is 38.8 Å². The molecule has 0 spiro atoms. The van der Waals surface area contributed by atoms with Gasteiger partial charge in [-0.1, -0.05) is 27.2 Å². The van der Waals surface area contributed by atoms with Gasteiger partial charge in [0, 0.05) is 18.6 Å². The summed E-state index contributed by atoms with van der Waals surface area (Å²) in [6.45, 7) is 12.8. The molecule has 2 heteroatoms. The number of nitrogens with one attached hydrogen (secondary N) is 1. The van der Waals surface area contributed by atoms with E-state index in [0.29, 0.717) is 6.04 Å². The standard InChI is InChI=1S/C14H30N2/c1-5-16(11-14-7-6-8-14)13(4)9-10-15-12(2)3/h12-15H,5-11H2,1-4H3. The van der Waals surface area contributed by atoms with Crippen LogP contribution in [0.2, 0.25) is 0 Å². The van der Waals surface area contributed by atoms with Gasteiger partial charge < -0.3 is 10.2 Å². The second kappa shape index (κ2) is 7.29. The van der Waals surface area contributed by atoms with E-state index < -0.39 is 0 Å². The third kappa shape index (κ3) is 4.84. The van der Waals surface area contributed by atoms with Crippen LogP contribution in [0, 0.1) is 5.92 Å². The van der Waals surface area contributed by atoms with Crippen molar-refractivity contribution in [2.45, 2.75) is 65.5 Å². The summed E-state index contributed by atoms with van der Waals surface area (Å²) in [6, 6.07) is 1.35. The van der Waals surface area contributed by atoms with E-state index in [9.17, 15) is 0 Å². The molecule has 1 aliphatic rings. The van der Waals surface area contributed by atoms with Gasteiger partial charge in [0.1, 0.15) is 0 Å². The Bertz CT molecular complexity index is 176. The SMILES string of the molecule is CCN(CC1CCC1)C(C)CCNC(C)C. The monoisotopic (exact) mass is 226 g/mol. The zero-order chi connectivity index (χ0) is 12.0. The van der Waals surface area contributed by atoms with Crippen LogP contribution in [-0.2, 0) is 0 Å². The first-order chi connectivity index (χ1) is 7.63. The Morgan fingerprint density at radius 2 is 1.94 bits per heavy atom. The van der Waals surface area contributed by atoms with E-state index in [1.54, 1.807) is 0 Å². The fourth-order valence-electron chi connectivity index (χ4n) is 2.39. The van der Waals surface area contributed by atoms with Gasteiger partial charge in [0.05, 0.1) is 0 Å². The van der Waals surface area contributed by atoms with Gasteiger partial charge in [-0.2, -0.15) is 0 Å². The maximum Gasteiger partial charge on any atom is 0.00790 e. The predicted octanol–water partition coefficient (Wildman–Crippen LogP) is 2.89. The van der Waals surface area contributed by atoms with Crippen molar-refractivity contribution in [1.82, 2.24) is 10.2 Å². The highest BCUT2D eigenvalue weighted by Gasteiger charge is 2.22. The van der Waals surface area contributed by atoms with Crippen molar-refractivity contribution in [3.63, 3.8) is 0 Å². The zero-order valence-corrected chi connectivity index (χ0v) is 11.6. The van der Waals surface area contributed by atoms with Crippen molar-refractivity contribution in [2.24, 2.45) is 5.92 Å². The lowest BCUT2D eigenvalue weighted by molar-refractivity contribution is 0.140. The van der Waals surface area contributed by atoms with Crippen molar-refractivity contribution >= 4 is 0 Å². The van der Waals surface area contributed by atoms with Crippen LogP contribution in [0.5, 0.6) is 0 Å². The normalized spacial score (nSPS) is 19.1. The van der Waals surface area contributed by atoms with Crippen LogP contribution >= 0.6 is 0 Å². The molecular weight excluding hydrogens is 196 g/mol. The average Bonchev–Trinajstić information content (AvgIpc) is 2.15. The Labute approximate surface area is 102 Å². The zero-order valence-electron chi connectivity index (χ0n) is 11.6. The Hall–Kier alpha value is -0.0800. The molecule has 2 nitrogen and oxygen atoms in total. The fourth-order valence-corrected chi connectivity index (χ4v) is 2.39. The summed E-state index contributed by atoms with van der Waals surface area (Å²) in [6.07, 6.45) is 5.67. The second-order valence-corrected chi connectivity index (χ2v) is 5.63. The number of hydrogen-bond acceptors (Lipinski definition) is 2. The van der Waals surface area contributed by atoms with E-state index in [-0.39, 0.29) is 0 Å². The third-order valence-corrected chi connectivity index (χ3v) is 3.86. The first kappa shape index (κ1) is 14.0. The molecule has 0 bridgehead atoms. The van der Waals surface area contributed by atoms with Gasteiger partial charge >= 0.3 is 0 Å². The van der Waals surface area contributed by atoms with Gasteiger partial charge in [-0.25, -0.2) is 0 Å². The lowest BCUT2D eigenvalue weighted by atomic mass is 9.85. The highest BCUT2D eigenvalue weighted by molar-refractivity contribution is 4.76. The fraction of sp³-hybridized carbons (Fsp3) is 1.00. The number of hydrogen-bond donors (Lipinski definition) is 1. The van der Waals surface area contributed by atoms with Crippen LogP contribution in [0.3, 0.4) is 0 Å². The van der Waals surface area contributed by atoms with Gasteiger partial charge in [0.15, 0.2) is 0 Å². The maximum atomic E-state index is 3.51. The average molecular weight is 226 g/mol. The van der Waals surface area contributed by atoms with Crippen molar-refractivity contribution in [3.8, 4) is 0 Å². The molecule has 0 amide bonds. The molecule has 1 unspecified atom stereocenters. The Balaban J connectivity index is 2.16. The number of nitrogens with zero attached hydrogens (tertiary/aromatic N) is 1. The van der Waals surface area contributed by atoms with Crippen molar-refractivity contribution in [3.05, 3.63) is 0 Å². The molecule has 1 fully saturated rings. The lowest BCUT2D eigenvalue weighted by Gasteiger charge is -2.35. The third-order valence-electron chi connectivity index (χ3n) is 3.86. The van der Waals surface area contributed by atoms with Gasteiger partial charge in [0.2, 0.25) is 0 Å². The van der Waals surface area contributed by atoms with Gasteiger partial charge in [-0.3, -0.25) is 0 Å². The van der Waals surface area contributed by atoms with Crippen LogP contribution < -0.4 is 5.32 Å². The van der Waals surface area contributed by atoms with E-state index in [0.717, 1.165) is 18.5 Å². The van der Waals surface area contributed by atoms with Gasteiger partial charge in [-0.15, -0.1) is 0 Å². The van der Waals surface area contributed by atoms with Crippen molar-refractivity contribution in [1.29, 1.82) is 0 Å². The molecule has 0 radical (unpaired) electrons. The topological polar surface area (TPSA) is 15.3 Å². The van der Waals surface area contributed by atoms with Crippen molar-refractivity contribution in [2.75, 3.05) is 19.6 Å². The van der Waals surface area contributed by atoms with Crippen LogP contribution in [0.4, 0.5) is 0 Å². The Kier molecular flexibility index (Phi) is 6.37. The molecule has 1 saturated carbocycles. The first-order valence-corrected chi connectivity index (χ1v) is 7.11. The van der Waals surface area contributed by atoms with Gasteiger partial charge in [-0.05, 0) is 45.2 Å². The molecule has 1 rings (SSSR count). The first-order valence-electron chi connectivity index (χ1n) is 7.11. The molecule has 96 valence electrons. The lowest BCUT2D eigenvalue weighted by Crippen LogP contribution is -2.40. The van der Waals surface area contributed by atoms with Gasteiger partial charge in [0.25, 0.3) is 0 Å². The van der Waals surface area contributed by atoms with Crippen LogP contribution in [0.15, 0.2) is 0 Å². The predicted molar refractivity (Wildman–Crippen MR) is 71.8 cm³/mol. The summed E-state index contributed by atoms with van der Waals surface area (Å²) in [5, 5.41) is 3.51. The molecule has 0 aromatic carbocycles. The molecule has 0 aliphatic heterocycles. The summed E-state index contributed by atoms with van der Waals surface area (Å²) >= 11 is 0. The molecule has 1 N–H and O–H groups in total. The smallest absolute Gasteiger partial charge is 0.00790 e. The van der Waals surface area contributed by atoms with Crippen LogP contribution in [0.25, 0.3) is 0 Å². The molecule has 0 saturated heterocycles. The molecule has 0 heterocycles. The summed E-state index contributed by atoms with van der Waals surface area (Å²) in [4.78, 5) is 2.66. The Morgan fingerprint density at radius 3 is 2.38 bits per heavy atom. The second-order valence-electron chi connectivity index (χ2n) is 5.63. The quantitative estimate of drug-likeness (QED) is 0.684. The maximum absolute atomic E-state index is 3.51. The van der Waals surface area contributed by atoms with Crippen molar-refractivity contribution < 1.29 is 0 Å². The van der Waals surface area contributed by atoms with Crippen LogP contribution in [0.1, 0.15) is 53.4 Å². The van der Waals surface area contributed by atoms with E-state index in [4.69, 9.17) is 0 Å². The minimum Gasteiger partial charge on any atom is -0.314 e. The summed E-state index contributed by atoms with van der Waals surface area (Å²) in [5.74, 6) is 1.00. The summed E-state index contributed by atoms with van der Waals surface area (Å²) in [5.41, 5.74) is 0. The highest BCUT2D eigenvalue weighted by Crippen LogP contribution is 2.27. The summed E-state index contributed by atoms with van der Waals surface area (Å²) < 4.78 is 0. The molecule has 16 heavy (non-hydrogen) atoms. The minimum atomic E-state index is 0.619. The van der Waals surface area contributed by atoms with Crippen LogP contribution in [-0.4, -0.2) is 36.6 Å². The van der Waals surface area contributed by atoms with E-state index in [2.05, 4.69) is 37.9 Å². The molecular formula is C14H30N2. The van der Waals surface area contributed by atoms with E-state index >= 15 is 0 Å². The van der Waals surface area contributed by atoms with E-state index in [1.807, 2.05) is 0 Å². The number of rotatable bonds is 8. The summed E-state index contributed by atoms with van der Waals surface area (Å²) in [7, 11) is 0. The highest BCUT2D eigenvalue weighted by atomic mass is 15.1. The molecule has 0 aromatic heterocycles. The molecule has 1 atom stereocenters. The Morgan fingerprint density at radius 1 is 1.25 bits per heavy atom. The minimum absolute atomic E-state index is 0.619. The molecule has 0 aromatic rings. The molecule has 1 aliphatic carbocycles.